The third-order valence-corrected chi connectivity index (χ3v) is 5.97. The predicted molar refractivity (Wildman–Crippen MR) is 119 cm³/mol. The number of fused-ring (bicyclic) bond motifs is 1. The summed E-state index contributed by atoms with van der Waals surface area (Å²) < 4.78 is 1.74. The zero-order valence-electron chi connectivity index (χ0n) is 16.9. The summed E-state index contributed by atoms with van der Waals surface area (Å²) in [6.07, 6.45) is 1.93. The maximum Gasteiger partial charge on any atom is 0.262 e. The van der Waals surface area contributed by atoms with Crippen LogP contribution in [-0.2, 0) is 4.79 Å². The number of hydrogen-bond acceptors (Lipinski definition) is 5. The van der Waals surface area contributed by atoms with Crippen molar-refractivity contribution in [2.24, 2.45) is 5.92 Å². The van der Waals surface area contributed by atoms with E-state index in [-0.39, 0.29) is 35.0 Å². The van der Waals surface area contributed by atoms with E-state index < -0.39 is 0 Å². The Labute approximate surface area is 178 Å². The Balaban J connectivity index is 1.50. The predicted octanol–water partition coefficient (Wildman–Crippen LogP) is 4.30. The smallest absolute Gasteiger partial charge is 0.262 e. The molecule has 0 spiro atoms. The molecule has 3 aromatic rings. The summed E-state index contributed by atoms with van der Waals surface area (Å²) in [5.74, 6) is -0.0346. The second kappa shape index (κ2) is 8.44. The average Bonchev–Trinajstić information content (AvgIpc) is 3.57. The highest BCUT2D eigenvalue weighted by atomic mass is 32.2. The van der Waals surface area contributed by atoms with Crippen molar-refractivity contribution >= 4 is 40.0 Å². The molecule has 154 valence electrons. The molecule has 1 heterocycles. The summed E-state index contributed by atoms with van der Waals surface area (Å²) in [6.45, 7) is 3.65. The SMILES string of the molecule is CC(C)C(=O)Nc1ccc(C(=O)CSc2nc3ccccc3c(=O)n2C2CC2)cc1. The van der Waals surface area contributed by atoms with Crippen LogP contribution in [0.15, 0.2) is 58.5 Å². The summed E-state index contributed by atoms with van der Waals surface area (Å²) in [7, 11) is 0. The maximum absolute atomic E-state index is 12.9. The summed E-state index contributed by atoms with van der Waals surface area (Å²) in [5, 5.41) is 4.02. The van der Waals surface area contributed by atoms with Gasteiger partial charge in [0.1, 0.15) is 0 Å². The molecule has 6 nitrogen and oxygen atoms in total. The highest BCUT2D eigenvalue weighted by molar-refractivity contribution is 7.99. The number of benzene rings is 2. The molecular weight excluding hydrogens is 398 g/mol. The quantitative estimate of drug-likeness (QED) is 0.349. The van der Waals surface area contributed by atoms with Crippen LogP contribution in [0.1, 0.15) is 43.1 Å². The number of para-hydroxylation sites is 1. The number of aromatic nitrogens is 2. The molecule has 30 heavy (non-hydrogen) atoms. The lowest BCUT2D eigenvalue weighted by molar-refractivity contribution is -0.118. The van der Waals surface area contributed by atoms with Crippen molar-refractivity contribution in [1.29, 1.82) is 0 Å². The molecule has 1 fully saturated rings. The fourth-order valence-corrected chi connectivity index (χ4v) is 4.08. The molecule has 0 atom stereocenters. The number of carbonyl (C=O) groups is 2. The number of hydrogen-bond donors (Lipinski definition) is 1. The van der Waals surface area contributed by atoms with Crippen molar-refractivity contribution in [2.75, 3.05) is 11.1 Å². The van der Waals surface area contributed by atoms with Crippen molar-refractivity contribution in [3.8, 4) is 0 Å². The summed E-state index contributed by atoms with van der Waals surface area (Å²) in [5.41, 5.74) is 1.84. The third kappa shape index (κ3) is 4.31. The summed E-state index contributed by atoms with van der Waals surface area (Å²) >= 11 is 1.30. The minimum atomic E-state index is -0.110. The maximum atomic E-state index is 12.9. The van der Waals surface area contributed by atoms with Gasteiger partial charge in [-0.2, -0.15) is 0 Å². The van der Waals surface area contributed by atoms with Crippen LogP contribution in [0.3, 0.4) is 0 Å². The first-order chi connectivity index (χ1) is 14.4. The lowest BCUT2D eigenvalue weighted by Crippen LogP contribution is -2.22. The van der Waals surface area contributed by atoms with Crippen LogP contribution in [0, 0.1) is 5.92 Å². The van der Waals surface area contributed by atoms with Gasteiger partial charge in [0.05, 0.1) is 16.7 Å². The fourth-order valence-electron chi connectivity index (χ4n) is 3.12. The molecule has 1 aromatic heterocycles. The van der Waals surface area contributed by atoms with Gasteiger partial charge in [-0.1, -0.05) is 37.7 Å². The number of rotatable bonds is 7. The van der Waals surface area contributed by atoms with Crippen LogP contribution in [0.25, 0.3) is 10.9 Å². The number of nitrogens with one attached hydrogen (secondary N) is 1. The molecule has 0 aliphatic heterocycles. The standard InChI is InChI=1S/C23H23N3O3S/c1-14(2)21(28)24-16-9-7-15(8-10-16)20(27)13-30-23-25-19-6-4-3-5-18(19)22(29)26(23)17-11-12-17/h3-10,14,17H,11-13H2,1-2H3,(H,24,28). The Bertz CT molecular complexity index is 1160. The molecular formula is C23H23N3O3S. The minimum absolute atomic E-state index is 0.0386. The Morgan fingerprint density at radius 2 is 1.83 bits per heavy atom. The summed E-state index contributed by atoms with van der Waals surface area (Å²) in [4.78, 5) is 42.0. The van der Waals surface area contributed by atoms with Crippen molar-refractivity contribution < 1.29 is 9.59 Å². The van der Waals surface area contributed by atoms with Gasteiger partial charge in [-0.05, 0) is 49.2 Å². The van der Waals surface area contributed by atoms with Gasteiger partial charge < -0.3 is 5.32 Å². The number of amides is 1. The van der Waals surface area contributed by atoms with Gasteiger partial charge in [0.25, 0.3) is 5.56 Å². The van der Waals surface area contributed by atoms with Gasteiger partial charge in [0.2, 0.25) is 5.91 Å². The van der Waals surface area contributed by atoms with E-state index in [2.05, 4.69) is 10.3 Å². The van der Waals surface area contributed by atoms with Crippen molar-refractivity contribution in [2.45, 2.75) is 37.9 Å². The van der Waals surface area contributed by atoms with E-state index in [1.54, 1.807) is 34.9 Å². The van der Waals surface area contributed by atoms with E-state index in [1.165, 1.54) is 11.8 Å². The zero-order valence-corrected chi connectivity index (χ0v) is 17.7. The highest BCUT2D eigenvalue weighted by Crippen LogP contribution is 2.37. The van der Waals surface area contributed by atoms with Gasteiger partial charge in [0.15, 0.2) is 10.9 Å². The van der Waals surface area contributed by atoms with Gasteiger partial charge >= 0.3 is 0 Å². The van der Waals surface area contributed by atoms with Crippen molar-refractivity contribution in [3.05, 3.63) is 64.4 Å². The van der Waals surface area contributed by atoms with Crippen LogP contribution < -0.4 is 10.9 Å². The number of thioether (sulfide) groups is 1. The molecule has 0 saturated heterocycles. The number of nitrogens with zero attached hydrogens (tertiary/aromatic N) is 2. The van der Waals surface area contributed by atoms with Gasteiger partial charge in [-0.15, -0.1) is 0 Å². The highest BCUT2D eigenvalue weighted by Gasteiger charge is 2.28. The molecule has 0 bridgehead atoms. The van der Waals surface area contributed by atoms with Crippen LogP contribution in [-0.4, -0.2) is 27.0 Å². The fraction of sp³-hybridized carbons (Fsp3) is 0.304. The Morgan fingerprint density at radius 1 is 1.13 bits per heavy atom. The molecule has 7 heteroatoms. The van der Waals surface area contributed by atoms with Crippen LogP contribution >= 0.6 is 11.8 Å². The molecule has 1 N–H and O–H groups in total. The molecule has 0 unspecified atom stereocenters. The van der Waals surface area contributed by atoms with Crippen molar-refractivity contribution in [3.63, 3.8) is 0 Å². The van der Waals surface area contributed by atoms with E-state index in [9.17, 15) is 14.4 Å². The van der Waals surface area contributed by atoms with Crippen LogP contribution in [0.4, 0.5) is 5.69 Å². The van der Waals surface area contributed by atoms with Crippen LogP contribution in [0.5, 0.6) is 0 Å². The average molecular weight is 422 g/mol. The monoisotopic (exact) mass is 421 g/mol. The van der Waals surface area contributed by atoms with E-state index in [1.807, 2.05) is 32.0 Å². The first-order valence-electron chi connectivity index (χ1n) is 10.0. The van der Waals surface area contributed by atoms with Crippen molar-refractivity contribution in [1.82, 2.24) is 9.55 Å². The first kappa shape index (κ1) is 20.3. The largest absolute Gasteiger partial charge is 0.326 e. The van der Waals surface area contributed by atoms with Gasteiger partial charge in [-0.3, -0.25) is 19.0 Å². The molecule has 1 saturated carbocycles. The number of anilines is 1. The van der Waals surface area contributed by atoms with Gasteiger partial charge in [-0.25, -0.2) is 4.98 Å². The minimum Gasteiger partial charge on any atom is -0.326 e. The lowest BCUT2D eigenvalue weighted by Gasteiger charge is -2.12. The molecule has 1 aliphatic rings. The molecule has 4 rings (SSSR count). The lowest BCUT2D eigenvalue weighted by atomic mass is 10.1. The third-order valence-electron chi connectivity index (χ3n) is 5.02. The van der Waals surface area contributed by atoms with E-state index in [0.29, 0.717) is 27.3 Å². The molecule has 1 amide bonds. The normalized spacial score (nSPS) is 13.6. The summed E-state index contributed by atoms with van der Waals surface area (Å²) in [6, 6.07) is 14.4. The first-order valence-corrected chi connectivity index (χ1v) is 11.0. The Kier molecular flexibility index (Phi) is 5.72. The second-order valence-corrected chi connectivity index (χ2v) is 8.69. The number of ketones is 1. The number of Topliss-reactive ketones (excluding diaryl/α,β-unsaturated/α-hetero) is 1. The van der Waals surface area contributed by atoms with E-state index >= 15 is 0 Å². The Hall–Kier alpha value is -2.93. The van der Waals surface area contributed by atoms with Crippen LogP contribution in [0.2, 0.25) is 0 Å². The molecule has 0 radical (unpaired) electrons. The van der Waals surface area contributed by atoms with E-state index in [4.69, 9.17) is 0 Å². The zero-order chi connectivity index (χ0) is 21.3. The van der Waals surface area contributed by atoms with Gasteiger partial charge in [0, 0.05) is 23.2 Å². The Morgan fingerprint density at radius 3 is 2.50 bits per heavy atom. The second-order valence-electron chi connectivity index (χ2n) is 7.75. The molecule has 1 aliphatic carbocycles. The number of carbonyl (C=O) groups excluding carboxylic acids is 2. The van der Waals surface area contributed by atoms with E-state index in [0.717, 1.165) is 12.8 Å². The molecule has 2 aromatic carbocycles. The topological polar surface area (TPSA) is 81.1 Å².